The number of urea groups is 1. The minimum atomic E-state index is -0.357. The summed E-state index contributed by atoms with van der Waals surface area (Å²) in [5.74, 6) is 0.0450. The van der Waals surface area contributed by atoms with Crippen LogP contribution in [-0.2, 0) is 11.2 Å². The van der Waals surface area contributed by atoms with Crippen LogP contribution in [-0.4, -0.2) is 29.4 Å². The summed E-state index contributed by atoms with van der Waals surface area (Å²) in [4.78, 5) is 25.1. The van der Waals surface area contributed by atoms with Gasteiger partial charge in [0.1, 0.15) is 6.04 Å². The minimum absolute atomic E-state index is 0.0898. The van der Waals surface area contributed by atoms with Crippen molar-refractivity contribution in [1.82, 2.24) is 10.2 Å². The van der Waals surface area contributed by atoms with Crippen molar-refractivity contribution in [2.75, 3.05) is 6.54 Å². The second kappa shape index (κ2) is 5.87. The van der Waals surface area contributed by atoms with E-state index in [0.717, 1.165) is 12.8 Å². The van der Waals surface area contributed by atoms with E-state index in [0.29, 0.717) is 6.54 Å². The van der Waals surface area contributed by atoms with Gasteiger partial charge in [-0.15, -0.1) is 0 Å². The van der Waals surface area contributed by atoms with Crippen molar-refractivity contribution >= 4 is 11.9 Å². The summed E-state index contributed by atoms with van der Waals surface area (Å²) in [6.45, 7) is 4.37. The van der Waals surface area contributed by atoms with Crippen LogP contribution in [0.3, 0.4) is 0 Å². The summed E-state index contributed by atoms with van der Waals surface area (Å²) >= 11 is 0. The van der Waals surface area contributed by atoms with Gasteiger partial charge in [-0.25, -0.2) is 4.79 Å². The van der Waals surface area contributed by atoms with Crippen LogP contribution in [0, 0.1) is 5.92 Å². The third-order valence-corrected chi connectivity index (χ3v) is 3.41. The summed E-state index contributed by atoms with van der Waals surface area (Å²) < 4.78 is 0. The lowest BCUT2D eigenvalue weighted by Gasteiger charge is -2.14. The Bertz CT molecular complexity index is 456. The molecule has 1 aliphatic heterocycles. The number of hydrogen-bond donors (Lipinski definition) is 1. The van der Waals surface area contributed by atoms with Crippen molar-refractivity contribution < 1.29 is 9.59 Å². The van der Waals surface area contributed by atoms with Gasteiger partial charge in [0.05, 0.1) is 0 Å². The van der Waals surface area contributed by atoms with Crippen molar-refractivity contribution in [3.8, 4) is 0 Å². The predicted molar refractivity (Wildman–Crippen MR) is 73.6 cm³/mol. The predicted octanol–water partition coefficient (Wildman–Crippen LogP) is 2.20. The molecule has 0 bridgehead atoms. The van der Waals surface area contributed by atoms with Crippen molar-refractivity contribution in [3.05, 3.63) is 35.9 Å². The monoisotopic (exact) mass is 260 g/mol. The smallest absolute Gasteiger partial charge is 0.324 e. The van der Waals surface area contributed by atoms with Crippen LogP contribution in [0.5, 0.6) is 0 Å². The average Bonchev–Trinajstić information content (AvgIpc) is 2.68. The molecule has 0 radical (unpaired) electrons. The number of imide groups is 1. The second-order valence-corrected chi connectivity index (χ2v) is 5.25. The molecule has 0 saturated carbocycles. The fourth-order valence-corrected chi connectivity index (χ4v) is 2.29. The number of carbonyl (C=O) groups excluding carboxylic acids is 2. The van der Waals surface area contributed by atoms with Gasteiger partial charge in [-0.3, -0.25) is 9.69 Å². The van der Waals surface area contributed by atoms with Crippen LogP contribution in [0.4, 0.5) is 4.79 Å². The molecule has 1 aliphatic rings. The van der Waals surface area contributed by atoms with E-state index in [1.807, 2.05) is 32.0 Å². The maximum Gasteiger partial charge on any atom is 0.324 e. The molecule has 1 atom stereocenters. The molecular formula is C15H20N2O2. The fourth-order valence-electron chi connectivity index (χ4n) is 2.29. The van der Waals surface area contributed by atoms with E-state index < -0.39 is 0 Å². The highest BCUT2D eigenvalue weighted by Gasteiger charge is 2.38. The topological polar surface area (TPSA) is 49.4 Å². The zero-order valence-electron chi connectivity index (χ0n) is 11.4. The van der Waals surface area contributed by atoms with Crippen LogP contribution in [0.2, 0.25) is 0 Å². The van der Waals surface area contributed by atoms with Gasteiger partial charge in [-0.05, 0) is 24.3 Å². The second-order valence-electron chi connectivity index (χ2n) is 5.25. The number of hydrogen-bond acceptors (Lipinski definition) is 2. The van der Waals surface area contributed by atoms with E-state index >= 15 is 0 Å². The normalized spacial score (nSPS) is 19.1. The molecule has 1 saturated heterocycles. The molecular weight excluding hydrogens is 240 g/mol. The molecule has 1 heterocycles. The number of nitrogens with zero attached hydrogens (tertiary/aromatic N) is 1. The quantitative estimate of drug-likeness (QED) is 0.825. The summed E-state index contributed by atoms with van der Waals surface area (Å²) in [5, 5.41) is 2.74. The van der Waals surface area contributed by atoms with Crippen molar-refractivity contribution in [2.24, 2.45) is 5.92 Å². The standard InChI is InChI=1S/C15H20N2O2/c1-11(2)13-14(18)17(15(19)16-13)10-6-9-12-7-4-3-5-8-12/h3-5,7-8,11,13H,6,9-10H2,1-2H3,(H,16,19). The highest BCUT2D eigenvalue weighted by molar-refractivity contribution is 6.04. The molecule has 3 amide bonds. The number of nitrogens with one attached hydrogen (secondary N) is 1. The Morgan fingerprint density at radius 2 is 1.89 bits per heavy atom. The van der Waals surface area contributed by atoms with Crippen LogP contribution in [0.15, 0.2) is 30.3 Å². The Hall–Kier alpha value is -1.84. The number of benzene rings is 1. The zero-order valence-corrected chi connectivity index (χ0v) is 11.4. The van der Waals surface area contributed by atoms with E-state index in [-0.39, 0.29) is 23.9 Å². The molecule has 0 spiro atoms. The zero-order chi connectivity index (χ0) is 13.8. The first kappa shape index (κ1) is 13.6. The van der Waals surface area contributed by atoms with E-state index in [9.17, 15) is 9.59 Å². The molecule has 4 heteroatoms. The lowest BCUT2D eigenvalue weighted by molar-refractivity contribution is -0.128. The Morgan fingerprint density at radius 1 is 1.21 bits per heavy atom. The minimum Gasteiger partial charge on any atom is -0.326 e. The van der Waals surface area contributed by atoms with Gasteiger partial charge < -0.3 is 5.32 Å². The number of amides is 3. The van der Waals surface area contributed by atoms with E-state index in [1.165, 1.54) is 10.5 Å². The molecule has 1 fully saturated rings. The summed E-state index contributed by atoms with van der Waals surface area (Å²) in [7, 11) is 0. The summed E-state index contributed by atoms with van der Waals surface area (Å²) in [5.41, 5.74) is 1.23. The van der Waals surface area contributed by atoms with Crippen LogP contribution in [0.1, 0.15) is 25.8 Å². The molecule has 19 heavy (non-hydrogen) atoms. The Balaban J connectivity index is 1.86. The molecule has 1 aromatic carbocycles. The molecule has 0 aromatic heterocycles. The van der Waals surface area contributed by atoms with E-state index in [2.05, 4.69) is 17.4 Å². The number of aryl methyl sites for hydroxylation is 1. The third kappa shape index (κ3) is 3.13. The maximum absolute atomic E-state index is 12.0. The SMILES string of the molecule is CC(C)C1NC(=O)N(CCCc2ccccc2)C1=O. The van der Waals surface area contributed by atoms with Crippen LogP contribution >= 0.6 is 0 Å². The average molecular weight is 260 g/mol. The van der Waals surface area contributed by atoms with E-state index in [1.54, 1.807) is 0 Å². The Morgan fingerprint density at radius 3 is 2.47 bits per heavy atom. The molecule has 1 unspecified atom stereocenters. The highest BCUT2D eigenvalue weighted by atomic mass is 16.2. The van der Waals surface area contributed by atoms with Gasteiger partial charge in [0.2, 0.25) is 0 Å². The highest BCUT2D eigenvalue weighted by Crippen LogP contribution is 2.14. The lowest BCUT2D eigenvalue weighted by Crippen LogP contribution is -2.35. The van der Waals surface area contributed by atoms with Gasteiger partial charge in [0.25, 0.3) is 5.91 Å². The third-order valence-electron chi connectivity index (χ3n) is 3.41. The number of carbonyl (C=O) groups is 2. The van der Waals surface area contributed by atoms with Gasteiger partial charge in [0, 0.05) is 6.54 Å². The summed E-state index contributed by atoms with van der Waals surface area (Å²) in [6.07, 6.45) is 1.68. The molecule has 2 rings (SSSR count). The van der Waals surface area contributed by atoms with Crippen molar-refractivity contribution in [1.29, 1.82) is 0 Å². The number of rotatable bonds is 5. The Kier molecular flexibility index (Phi) is 4.20. The van der Waals surface area contributed by atoms with Gasteiger partial charge >= 0.3 is 6.03 Å². The molecule has 1 N–H and O–H groups in total. The van der Waals surface area contributed by atoms with E-state index in [4.69, 9.17) is 0 Å². The maximum atomic E-state index is 12.0. The van der Waals surface area contributed by atoms with Crippen LogP contribution in [0.25, 0.3) is 0 Å². The molecule has 102 valence electrons. The largest absolute Gasteiger partial charge is 0.326 e. The first-order valence-corrected chi connectivity index (χ1v) is 6.75. The Labute approximate surface area is 113 Å². The summed E-state index contributed by atoms with van der Waals surface area (Å²) in [6, 6.07) is 9.48. The van der Waals surface area contributed by atoms with Gasteiger partial charge in [-0.2, -0.15) is 0 Å². The van der Waals surface area contributed by atoms with Gasteiger partial charge in [0.15, 0.2) is 0 Å². The lowest BCUT2D eigenvalue weighted by atomic mass is 10.0. The van der Waals surface area contributed by atoms with Gasteiger partial charge in [-0.1, -0.05) is 44.2 Å². The first-order valence-electron chi connectivity index (χ1n) is 6.75. The molecule has 0 aliphatic carbocycles. The van der Waals surface area contributed by atoms with Crippen molar-refractivity contribution in [2.45, 2.75) is 32.7 Å². The first-order chi connectivity index (χ1) is 9.09. The van der Waals surface area contributed by atoms with Crippen LogP contribution < -0.4 is 5.32 Å². The van der Waals surface area contributed by atoms with Crippen molar-refractivity contribution in [3.63, 3.8) is 0 Å². The fraction of sp³-hybridized carbons (Fsp3) is 0.467. The molecule has 4 nitrogen and oxygen atoms in total. The molecule has 1 aromatic rings.